The number of amides is 1. The molecule has 1 unspecified atom stereocenters. The Balaban J connectivity index is 1.49. The lowest BCUT2D eigenvalue weighted by atomic mass is 10.0. The first-order valence-corrected chi connectivity index (χ1v) is 10.2. The van der Waals surface area contributed by atoms with Gasteiger partial charge in [0.05, 0.1) is 12.1 Å². The average molecular weight is 402 g/mol. The predicted molar refractivity (Wildman–Crippen MR) is 118 cm³/mol. The Kier molecular flexibility index (Phi) is 5.65. The third-order valence-corrected chi connectivity index (χ3v) is 5.43. The minimum Gasteiger partial charge on any atom is -0.447 e. The summed E-state index contributed by atoms with van der Waals surface area (Å²) >= 11 is 0. The molecule has 30 heavy (non-hydrogen) atoms. The molecule has 1 fully saturated rings. The normalized spacial score (nSPS) is 17.1. The van der Waals surface area contributed by atoms with E-state index in [1.54, 1.807) is 17.2 Å². The summed E-state index contributed by atoms with van der Waals surface area (Å²) in [5.41, 5.74) is 3.50. The molecule has 2 aromatic carbocycles. The van der Waals surface area contributed by atoms with Crippen molar-refractivity contribution in [3.63, 3.8) is 0 Å². The maximum absolute atomic E-state index is 12.2. The molecule has 1 aromatic heterocycles. The van der Waals surface area contributed by atoms with Crippen molar-refractivity contribution >= 4 is 17.9 Å². The van der Waals surface area contributed by atoms with Gasteiger partial charge in [0.15, 0.2) is 0 Å². The van der Waals surface area contributed by atoms with Crippen molar-refractivity contribution in [1.29, 1.82) is 0 Å². The molecule has 0 spiro atoms. The third kappa shape index (κ3) is 4.13. The molecule has 154 valence electrons. The fourth-order valence-corrected chi connectivity index (χ4v) is 3.61. The summed E-state index contributed by atoms with van der Waals surface area (Å²) in [4.78, 5) is 22.7. The second-order valence-electron chi connectivity index (χ2n) is 7.85. The maximum Gasteiger partial charge on any atom is 0.415 e. The number of nitrogens with one attached hydrogen (secondary N) is 1. The third-order valence-electron chi connectivity index (χ3n) is 5.43. The van der Waals surface area contributed by atoms with Gasteiger partial charge in [-0.15, -0.1) is 0 Å². The van der Waals surface area contributed by atoms with Crippen LogP contribution in [0.1, 0.15) is 32.4 Å². The van der Waals surface area contributed by atoms with Crippen molar-refractivity contribution in [3.05, 3.63) is 72.4 Å². The molecule has 0 radical (unpaired) electrons. The zero-order valence-electron chi connectivity index (χ0n) is 17.4. The van der Waals surface area contributed by atoms with E-state index in [9.17, 15) is 4.79 Å². The average Bonchev–Trinajstić information content (AvgIpc) is 3.16. The predicted octanol–water partition coefficient (Wildman–Crippen LogP) is 5.30. The van der Waals surface area contributed by atoms with Gasteiger partial charge in [-0.25, -0.2) is 9.78 Å². The van der Waals surface area contributed by atoms with Gasteiger partial charge in [0.2, 0.25) is 5.95 Å². The van der Waals surface area contributed by atoms with Crippen LogP contribution in [0.3, 0.4) is 0 Å². The monoisotopic (exact) mass is 402 g/mol. The van der Waals surface area contributed by atoms with Crippen LogP contribution < -0.4 is 10.2 Å². The highest BCUT2D eigenvalue weighted by atomic mass is 16.6. The lowest BCUT2D eigenvalue weighted by Gasteiger charge is -2.23. The van der Waals surface area contributed by atoms with Gasteiger partial charge >= 0.3 is 6.09 Å². The van der Waals surface area contributed by atoms with Gasteiger partial charge in [-0.2, -0.15) is 4.98 Å². The molecule has 6 heteroatoms. The second-order valence-corrected chi connectivity index (χ2v) is 7.85. The van der Waals surface area contributed by atoms with E-state index in [1.807, 2.05) is 18.2 Å². The molecule has 4 rings (SSSR count). The first kappa shape index (κ1) is 19.9. The zero-order chi connectivity index (χ0) is 21.1. The molecule has 1 N–H and O–H groups in total. The quantitative estimate of drug-likeness (QED) is 0.606. The largest absolute Gasteiger partial charge is 0.447 e. The molecule has 1 saturated heterocycles. The fraction of sp³-hybridized carbons (Fsp3) is 0.292. The van der Waals surface area contributed by atoms with Crippen molar-refractivity contribution in [2.75, 3.05) is 16.8 Å². The van der Waals surface area contributed by atoms with Crippen molar-refractivity contribution < 1.29 is 9.53 Å². The number of cyclic esters (lactones) is 1. The molecule has 6 nitrogen and oxygen atoms in total. The lowest BCUT2D eigenvalue weighted by molar-refractivity contribution is 0.177. The molecule has 0 bridgehead atoms. The summed E-state index contributed by atoms with van der Waals surface area (Å²) in [6.07, 6.45) is 1.31. The number of carbonyl (C=O) groups excluding carboxylic acids is 1. The SMILES string of the molecule is CC(C)C1COC(=O)N1c1ccnc(N[C@@H](C)c2ccc(-c3ccccc3)cc2)n1. The van der Waals surface area contributed by atoms with Crippen molar-refractivity contribution in [1.82, 2.24) is 9.97 Å². The highest BCUT2D eigenvalue weighted by Crippen LogP contribution is 2.27. The molecule has 1 aliphatic heterocycles. The summed E-state index contributed by atoms with van der Waals surface area (Å²) in [6.45, 7) is 6.59. The van der Waals surface area contributed by atoms with Crippen molar-refractivity contribution in [2.24, 2.45) is 5.92 Å². The summed E-state index contributed by atoms with van der Waals surface area (Å²) < 4.78 is 5.24. The van der Waals surface area contributed by atoms with Gasteiger partial charge < -0.3 is 10.1 Å². The van der Waals surface area contributed by atoms with E-state index in [-0.39, 0.29) is 24.1 Å². The number of aromatic nitrogens is 2. The number of anilines is 2. The van der Waals surface area contributed by atoms with E-state index in [4.69, 9.17) is 4.74 Å². The molecule has 1 aliphatic rings. The van der Waals surface area contributed by atoms with E-state index in [0.29, 0.717) is 18.4 Å². The van der Waals surface area contributed by atoms with Gasteiger partial charge in [0.25, 0.3) is 0 Å². The minimum atomic E-state index is -0.358. The van der Waals surface area contributed by atoms with Gasteiger partial charge in [0, 0.05) is 6.20 Å². The molecule has 1 amide bonds. The molecular formula is C24H26N4O2. The first-order chi connectivity index (χ1) is 14.5. The molecule has 0 saturated carbocycles. The molecule has 2 atom stereocenters. The molecule has 0 aliphatic carbocycles. The maximum atomic E-state index is 12.2. The number of rotatable bonds is 6. The van der Waals surface area contributed by atoms with Gasteiger partial charge in [-0.1, -0.05) is 68.4 Å². The van der Waals surface area contributed by atoms with Crippen LogP contribution in [-0.4, -0.2) is 28.7 Å². The van der Waals surface area contributed by atoms with Crippen LogP contribution in [0, 0.1) is 5.92 Å². The number of benzene rings is 2. The number of hydrogen-bond acceptors (Lipinski definition) is 5. The van der Waals surface area contributed by atoms with Crippen LogP contribution in [0.5, 0.6) is 0 Å². The van der Waals surface area contributed by atoms with Gasteiger partial charge in [0.1, 0.15) is 12.4 Å². The Morgan fingerprint density at radius 1 is 1.00 bits per heavy atom. The molecular weight excluding hydrogens is 376 g/mol. The highest BCUT2D eigenvalue weighted by molar-refractivity contribution is 5.89. The number of hydrogen-bond donors (Lipinski definition) is 1. The Bertz CT molecular complexity index is 1010. The van der Waals surface area contributed by atoms with E-state index in [2.05, 4.69) is 72.5 Å². The van der Waals surface area contributed by atoms with Crippen LogP contribution >= 0.6 is 0 Å². The lowest BCUT2D eigenvalue weighted by Crippen LogP contribution is -2.37. The number of nitrogens with zero attached hydrogens (tertiary/aromatic N) is 3. The van der Waals surface area contributed by atoms with E-state index in [1.165, 1.54) is 11.1 Å². The van der Waals surface area contributed by atoms with Crippen LogP contribution in [0.15, 0.2) is 66.9 Å². The van der Waals surface area contributed by atoms with Crippen LogP contribution in [0.4, 0.5) is 16.6 Å². The van der Waals surface area contributed by atoms with E-state index >= 15 is 0 Å². The van der Waals surface area contributed by atoms with Crippen LogP contribution in [-0.2, 0) is 4.74 Å². The summed E-state index contributed by atoms with van der Waals surface area (Å²) in [7, 11) is 0. The fourth-order valence-electron chi connectivity index (χ4n) is 3.61. The minimum absolute atomic E-state index is 0.0106. The Morgan fingerprint density at radius 3 is 2.40 bits per heavy atom. The van der Waals surface area contributed by atoms with Gasteiger partial charge in [-0.3, -0.25) is 4.90 Å². The zero-order valence-corrected chi connectivity index (χ0v) is 17.4. The van der Waals surface area contributed by atoms with Gasteiger partial charge in [-0.05, 0) is 35.6 Å². The Hall–Kier alpha value is -3.41. The number of ether oxygens (including phenoxy) is 1. The smallest absolute Gasteiger partial charge is 0.415 e. The molecule has 2 heterocycles. The first-order valence-electron chi connectivity index (χ1n) is 10.2. The Labute approximate surface area is 176 Å². The van der Waals surface area contributed by atoms with Crippen LogP contribution in [0.2, 0.25) is 0 Å². The van der Waals surface area contributed by atoms with E-state index in [0.717, 1.165) is 5.56 Å². The Morgan fingerprint density at radius 2 is 1.70 bits per heavy atom. The van der Waals surface area contributed by atoms with Crippen molar-refractivity contribution in [2.45, 2.75) is 32.9 Å². The van der Waals surface area contributed by atoms with Crippen molar-refractivity contribution in [3.8, 4) is 11.1 Å². The molecule has 3 aromatic rings. The summed E-state index contributed by atoms with van der Waals surface area (Å²) in [6, 6.07) is 20.5. The summed E-state index contributed by atoms with van der Waals surface area (Å²) in [5.74, 6) is 1.31. The van der Waals surface area contributed by atoms with E-state index < -0.39 is 0 Å². The summed E-state index contributed by atoms with van der Waals surface area (Å²) in [5, 5.41) is 3.34. The number of carbonyl (C=O) groups is 1. The highest BCUT2D eigenvalue weighted by Gasteiger charge is 2.37. The van der Waals surface area contributed by atoms with Crippen LogP contribution in [0.25, 0.3) is 11.1 Å². The topological polar surface area (TPSA) is 67.3 Å². The second kappa shape index (κ2) is 8.53. The standard InChI is InChI=1S/C24H26N4O2/c1-16(2)21-15-30-24(29)28(21)22-13-14-25-23(27-22)26-17(3)18-9-11-20(12-10-18)19-7-5-4-6-8-19/h4-14,16-17,21H,15H2,1-3H3,(H,25,26,27)/t17-,21?/m0/s1.